The maximum atomic E-state index is 11.9. The fourth-order valence-electron chi connectivity index (χ4n) is 3.54. The number of carbonyl (C=O) groups excluding carboxylic acids is 2. The molecule has 0 aromatic carbocycles. The highest BCUT2D eigenvalue weighted by Crippen LogP contribution is 2.61. The SMILES string of the molecule is O=C1OC(=O)[C@]23CC=CC[C@@]12CCCC3. The minimum absolute atomic E-state index is 0.267. The Morgan fingerprint density at radius 2 is 1.40 bits per heavy atom. The number of cyclic esters (lactones) is 2. The van der Waals surface area contributed by atoms with Gasteiger partial charge in [-0.3, -0.25) is 9.59 Å². The quantitative estimate of drug-likeness (QED) is 0.346. The van der Waals surface area contributed by atoms with Crippen LogP contribution in [-0.2, 0) is 14.3 Å². The van der Waals surface area contributed by atoms with Crippen molar-refractivity contribution in [1.29, 1.82) is 0 Å². The van der Waals surface area contributed by atoms with Gasteiger partial charge < -0.3 is 4.74 Å². The van der Waals surface area contributed by atoms with E-state index in [1.807, 2.05) is 12.2 Å². The maximum Gasteiger partial charge on any atom is 0.321 e. The minimum atomic E-state index is -0.503. The van der Waals surface area contributed by atoms with Gasteiger partial charge >= 0.3 is 11.9 Å². The summed E-state index contributed by atoms with van der Waals surface area (Å²) >= 11 is 0. The monoisotopic (exact) mass is 206 g/mol. The Balaban J connectivity index is 2.17. The Morgan fingerprint density at radius 3 is 1.87 bits per heavy atom. The van der Waals surface area contributed by atoms with Crippen molar-refractivity contribution in [2.24, 2.45) is 10.8 Å². The summed E-state index contributed by atoms with van der Waals surface area (Å²) in [5, 5.41) is 0. The molecule has 1 aliphatic heterocycles. The minimum Gasteiger partial charge on any atom is -0.392 e. The second-order valence-electron chi connectivity index (χ2n) is 4.93. The van der Waals surface area contributed by atoms with Gasteiger partial charge in [-0.1, -0.05) is 25.0 Å². The molecular weight excluding hydrogens is 192 g/mol. The van der Waals surface area contributed by atoms with Gasteiger partial charge in [0.15, 0.2) is 0 Å². The first-order valence-electron chi connectivity index (χ1n) is 5.63. The number of rotatable bonds is 0. The van der Waals surface area contributed by atoms with Crippen molar-refractivity contribution in [3.63, 3.8) is 0 Å². The third kappa shape index (κ3) is 0.869. The summed E-state index contributed by atoms with van der Waals surface area (Å²) in [5.41, 5.74) is -1.01. The molecule has 0 amide bonds. The molecule has 1 saturated heterocycles. The summed E-state index contributed by atoms with van der Waals surface area (Å²) in [7, 11) is 0. The molecule has 0 bridgehead atoms. The summed E-state index contributed by atoms with van der Waals surface area (Å²) in [6, 6.07) is 0. The van der Waals surface area contributed by atoms with Crippen LogP contribution in [0.1, 0.15) is 38.5 Å². The van der Waals surface area contributed by atoms with Crippen molar-refractivity contribution in [2.45, 2.75) is 38.5 Å². The highest BCUT2D eigenvalue weighted by molar-refractivity contribution is 6.02. The molecule has 3 aliphatic rings. The van der Waals surface area contributed by atoms with Crippen molar-refractivity contribution in [3.8, 4) is 0 Å². The molecule has 3 rings (SSSR count). The lowest BCUT2D eigenvalue weighted by molar-refractivity contribution is -0.155. The lowest BCUT2D eigenvalue weighted by atomic mass is 9.53. The van der Waals surface area contributed by atoms with Crippen LogP contribution in [0.5, 0.6) is 0 Å². The number of ether oxygens (including phenoxy) is 1. The van der Waals surface area contributed by atoms with Gasteiger partial charge in [0, 0.05) is 0 Å². The van der Waals surface area contributed by atoms with Crippen molar-refractivity contribution < 1.29 is 14.3 Å². The van der Waals surface area contributed by atoms with Crippen LogP contribution in [0.15, 0.2) is 12.2 Å². The van der Waals surface area contributed by atoms with Gasteiger partial charge in [0.25, 0.3) is 0 Å². The highest BCUT2D eigenvalue weighted by Gasteiger charge is 2.68. The number of carbonyl (C=O) groups is 2. The number of esters is 2. The molecule has 0 unspecified atom stereocenters. The second-order valence-corrected chi connectivity index (χ2v) is 4.93. The first-order chi connectivity index (χ1) is 7.21. The molecule has 80 valence electrons. The largest absolute Gasteiger partial charge is 0.392 e. The third-order valence-corrected chi connectivity index (χ3v) is 4.44. The van der Waals surface area contributed by atoms with Gasteiger partial charge in [0.2, 0.25) is 0 Å². The smallest absolute Gasteiger partial charge is 0.321 e. The van der Waals surface area contributed by atoms with Crippen molar-refractivity contribution in [3.05, 3.63) is 12.2 Å². The van der Waals surface area contributed by atoms with E-state index >= 15 is 0 Å². The summed E-state index contributed by atoms with van der Waals surface area (Å²) < 4.78 is 4.92. The van der Waals surface area contributed by atoms with E-state index in [1.165, 1.54) is 0 Å². The van der Waals surface area contributed by atoms with E-state index in [-0.39, 0.29) is 11.9 Å². The van der Waals surface area contributed by atoms with E-state index in [1.54, 1.807) is 0 Å². The Morgan fingerprint density at radius 1 is 0.933 bits per heavy atom. The van der Waals surface area contributed by atoms with E-state index in [2.05, 4.69) is 0 Å². The fourth-order valence-corrected chi connectivity index (χ4v) is 3.54. The van der Waals surface area contributed by atoms with Crippen LogP contribution in [0.3, 0.4) is 0 Å². The summed E-state index contributed by atoms with van der Waals surface area (Å²) in [6.07, 6.45) is 9.17. The summed E-state index contributed by atoms with van der Waals surface area (Å²) in [5.74, 6) is -0.534. The lowest BCUT2D eigenvalue weighted by Gasteiger charge is -2.44. The molecule has 1 saturated carbocycles. The molecule has 0 N–H and O–H groups in total. The Hall–Kier alpha value is -1.12. The van der Waals surface area contributed by atoms with Gasteiger partial charge in [-0.15, -0.1) is 0 Å². The van der Waals surface area contributed by atoms with E-state index in [0.717, 1.165) is 25.7 Å². The third-order valence-electron chi connectivity index (χ3n) is 4.44. The molecule has 2 fully saturated rings. The van der Waals surface area contributed by atoms with Crippen molar-refractivity contribution in [2.75, 3.05) is 0 Å². The van der Waals surface area contributed by atoms with Crippen LogP contribution in [-0.4, -0.2) is 11.9 Å². The van der Waals surface area contributed by atoms with E-state index in [9.17, 15) is 9.59 Å². The average Bonchev–Trinajstić information content (AvgIpc) is 2.50. The van der Waals surface area contributed by atoms with E-state index in [0.29, 0.717) is 12.8 Å². The molecule has 0 aromatic rings. The van der Waals surface area contributed by atoms with E-state index in [4.69, 9.17) is 4.74 Å². The lowest BCUT2D eigenvalue weighted by Crippen LogP contribution is -2.48. The zero-order valence-corrected chi connectivity index (χ0v) is 8.62. The molecule has 0 spiro atoms. The van der Waals surface area contributed by atoms with Gasteiger partial charge in [-0.2, -0.15) is 0 Å². The molecule has 3 nitrogen and oxygen atoms in total. The maximum absolute atomic E-state index is 11.9. The normalized spacial score (nSPS) is 43.5. The Bertz CT molecular complexity index is 337. The number of allylic oxidation sites excluding steroid dienone is 2. The zero-order chi connectivity index (χ0) is 10.5. The van der Waals surface area contributed by atoms with Crippen LogP contribution in [0, 0.1) is 10.8 Å². The van der Waals surface area contributed by atoms with Gasteiger partial charge in [0.05, 0.1) is 10.8 Å². The predicted octanol–water partition coefficient (Wildman–Crippen LogP) is 1.97. The molecule has 2 aliphatic carbocycles. The first kappa shape index (κ1) is 9.13. The molecule has 0 aromatic heterocycles. The van der Waals surface area contributed by atoms with Crippen LogP contribution in [0.2, 0.25) is 0 Å². The standard InChI is InChI=1S/C12H14O3/c13-9-11-5-1-2-6-12(11,10(14)15-9)8-4-3-7-11/h1-2H,3-8H2/t11-,12-/m1/s1. The molecule has 2 atom stereocenters. The predicted molar refractivity (Wildman–Crippen MR) is 52.8 cm³/mol. The first-order valence-corrected chi connectivity index (χ1v) is 5.63. The zero-order valence-electron chi connectivity index (χ0n) is 8.62. The highest BCUT2D eigenvalue weighted by atomic mass is 16.6. The molecular formula is C12H14O3. The molecule has 1 heterocycles. The topological polar surface area (TPSA) is 43.4 Å². The molecule has 15 heavy (non-hydrogen) atoms. The Kier molecular flexibility index (Phi) is 1.65. The van der Waals surface area contributed by atoms with Crippen LogP contribution in [0.4, 0.5) is 0 Å². The van der Waals surface area contributed by atoms with Crippen LogP contribution >= 0.6 is 0 Å². The van der Waals surface area contributed by atoms with Crippen molar-refractivity contribution >= 4 is 11.9 Å². The van der Waals surface area contributed by atoms with Gasteiger partial charge in [-0.25, -0.2) is 0 Å². The molecule has 3 heteroatoms. The Labute approximate surface area is 88.5 Å². The fraction of sp³-hybridized carbons (Fsp3) is 0.667. The van der Waals surface area contributed by atoms with Gasteiger partial charge in [-0.05, 0) is 25.7 Å². The number of hydrogen-bond donors (Lipinski definition) is 0. The average molecular weight is 206 g/mol. The van der Waals surface area contributed by atoms with Crippen LogP contribution < -0.4 is 0 Å². The summed E-state index contributed by atoms with van der Waals surface area (Å²) in [6.45, 7) is 0. The second kappa shape index (κ2) is 2.71. The van der Waals surface area contributed by atoms with Crippen molar-refractivity contribution in [1.82, 2.24) is 0 Å². The number of hydrogen-bond acceptors (Lipinski definition) is 3. The molecule has 0 radical (unpaired) electrons. The van der Waals surface area contributed by atoms with Crippen LogP contribution in [0.25, 0.3) is 0 Å². The van der Waals surface area contributed by atoms with Gasteiger partial charge in [0.1, 0.15) is 0 Å². The summed E-state index contributed by atoms with van der Waals surface area (Å²) in [4.78, 5) is 23.8. The van der Waals surface area contributed by atoms with E-state index < -0.39 is 10.8 Å².